The summed E-state index contributed by atoms with van der Waals surface area (Å²) in [6.07, 6.45) is 1.95. The molecular weight excluding hydrogens is 440 g/mol. The Bertz CT molecular complexity index is 1200. The van der Waals surface area contributed by atoms with Crippen molar-refractivity contribution in [3.8, 4) is 17.5 Å². The number of fused-ring (bicyclic) bond motifs is 1. The van der Waals surface area contributed by atoms with Crippen molar-refractivity contribution in [1.82, 2.24) is 9.55 Å². The molecule has 0 spiro atoms. The second-order valence-electron chi connectivity index (χ2n) is 6.51. The lowest BCUT2D eigenvalue weighted by Crippen LogP contribution is -2.23. The van der Waals surface area contributed by atoms with Crippen LogP contribution in [0.4, 0.5) is 0 Å². The van der Waals surface area contributed by atoms with Crippen molar-refractivity contribution in [2.75, 3.05) is 7.11 Å². The van der Waals surface area contributed by atoms with Gasteiger partial charge in [-0.2, -0.15) is 5.26 Å². The van der Waals surface area contributed by atoms with Crippen LogP contribution in [0.15, 0.2) is 32.4 Å². The average Bonchev–Trinajstić information content (AvgIpc) is 3.12. The first-order valence-electron chi connectivity index (χ1n) is 8.86. The third-order valence-corrected chi connectivity index (χ3v) is 5.76. The number of rotatable bonds is 6. The fraction of sp³-hybridized carbons (Fsp3) is 0.300. The maximum atomic E-state index is 10.8. The van der Waals surface area contributed by atoms with E-state index in [2.05, 4.69) is 32.1 Å². The number of hydrogen-bond acceptors (Lipinski definition) is 6. The Hall–Kier alpha value is -3.12. The number of aliphatic carboxylic acids is 1. The molecule has 0 saturated carbocycles. The summed E-state index contributed by atoms with van der Waals surface area (Å²) in [7, 11) is 1.41. The monoisotopic (exact) mass is 458 g/mol. The quantitative estimate of drug-likeness (QED) is 0.560. The number of nitrogens with zero attached hydrogens (tertiary/aromatic N) is 4. The lowest BCUT2D eigenvalue weighted by Gasteiger charge is -2.07. The first-order chi connectivity index (χ1) is 13.9. The van der Waals surface area contributed by atoms with E-state index in [1.54, 1.807) is 10.8 Å². The van der Waals surface area contributed by atoms with Crippen molar-refractivity contribution >= 4 is 33.0 Å². The fourth-order valence-electron chi connectivity index (χ4n) is 3.07. The normalized spacial score (nSPS) is 11.6. The first kappa shape index (κ1) is 20.6. The largest absolute Gasteiger partial charge is 0.481 e. The molecule has 0 aliphatic carbocycles. The number of nitriles is 1. The molecule has 29 heavy (non-hydrogen) atoms. The molecular formula is C20H19BrN4O4. The minimum atomic E-state index is -0.887. The standard InChI is InChI=1S/C20H19BrN4O4/c1-11-6-7-14(12(2)16(11)21)20-23-17-18(29-20)13(9-22)10-25(19(17)24-28-3)8-4-5-15(26)27/h6-7,10H,4-5,8H2,1-3H3,(H,26,27)/b24-19+. The number of aryl methyl sites for hydroxylation is 2. The van der Waals surface area contributed by atoms with Gasteiger partial charge < -0.3 is 18.9 Å². The molecule has 2 aromatic heterocycles. The van der Waals surface area contributed by atoms with Crippen molar-refractivity contribution in [3.05, 3.63) is 45.0 Å². The summed E-state index contributed by atoms with van der Waals surface area (Å²) in [6.45, 7) is 4.30. The minimum Gasteiger partial charge on any atom is -0.481 e. The van der Waals surface area contributed by atoms with E-state index < -0.39 is 5.97 Å². The Morgan fingerprint density at radius 3 is 2.86 bits per heavy atom. The van der Waals surface area contributed by atoms with Crippen LogP contribution in [0.3, 0.4) is 0 Å². The van der Waals surface area contributed by atoms with Gasteiger partial charge in [-0.1, -0.05) is 27.2 Å². The molecule has 2 heterocycles. The van der Waals surface area contributed by atoms with Gasteiger partial charge in [0.1, 0.15) is 18.7 Å². The van der Waals surface area contributed by atoms with Crippen LogP contribution in [-0.2, 0) is 16.2 Å². The highest BCUT2D eigenvalue weighted by Crippen LogP contribution is 2.32. The fourth-order valence-corrected chi connectivity index (χ4v) is 3.41. The molecule has 0 bridgehead atoms. The van der Waals surface area contributed by atoms with Crippen molar-refractivity contribution in [3.63, 3.8) is 0 Å². The number of halogens is 1. The van der Waals surface area contributed by atoms with Gasteiger partial charge in [-0.25, -0.2) is 4.98 Å². The minimum absolute atomic E-state index is 0.000000328. The van der Waals surface area contributed by atoms with Gasteiger partial charge in [0, 0.05) is 29.2 Å². The van der Waals surface area contributed by atoms with Gasteiger partial charge in [-0.3, -0.25) is 4.79 Å². The molecule has 9 heteroatoms. The molecule has 0 aliphatic heterocycles. The highest BCUT2D eigenvalue weighted by atomic mass is 79.9. The van der Waals surface area contributed by atoms with E-state index in [4.69, 9.17) is 14.4 Å². The van der Waals surface area contributed by atoms with Crippen LogP contribution in [0.25, 0.3) is 22.6 Å². The molecule has 8 nitrogen and oxygen atoms in total. The highest BCUT2D eigenvalue weighted by molar-refractivity contribution is 9.10. The zero-order chi connectivity index (χ0) is 21.1. The van der Waals surface area contributed by atoms with Crippen LogP contribution < -0.4 is 5.49 Å². The van der Waals surface area contributed by atoms with Crippen molar-refractivity contribution in [1.29, 1.82) is 5.26 Å². The van der Waals surface area contributed by atoms with Crippen LogP contribution in [0.1, 0.15) is 29.5 Å². The van der Waals surface area contributed by atoms with Crippen molar-refractivity contribution < 1.29 is 19.2 Å². The van der Waals surface area contributed by atoms with Gasteiger partial charge in [0.2, 0.25) is 11.4 Å². The molecule has 0 radical (unpaired) electrons. The highest BCUT2D eigenvalue weighted by Gasteiger charge is 2.19. The average molecular weight is 459 g/mol. The van der Waals surface area contributed by atoms with Crippen LogP contribution >= 0.6 is 15.9 Å². The number of hydrogen-bond donors (Lipinski definition) is 1. The molecule has 0 amide bonds. The molecule has 150 valence electrons. The van der Waals surface area contributed by atoms with Gasteiger partial charge in [0.25, 0.3) is 0 Å². The van der Waals surface area contributed by atoms with E-state index in [1.165, 1.54) is 7.11 Å². The van der Waals surface area contributed by atoms with Gasteiger partial charge in [-0.05, 0) is 37.5 Å². The molecule has 0 atom stereocenters. The molecule has 3 rings (SSSR count). The topological polar surface area (TPSA) is 114 Å². The molecule has 0 aliphatic rings. The molecule has 0 unspecified atom stereocenters. The maximum Gasteiger partial charge on any atom is 0.303 e. The summed E-state index contributed by atoms with van der Waals surface area (Å²) in [5.41, 5.74) is 4.19. The van der Waals surface area contributed by atoms with Crippen LogP contribution in [0, 0.1) is 25.2 Å². The van der Waals surface area contributed by atoms with Gasteiger partial charge in [0.15, 0.2) is 11.1 Å². The van der Waals surface area contributed by atoms with E-state index in [9.17, 15) is 10.1 Å². The molecule has 0 saturated heterocycles. The summed E-state index contributed by atoms with van der Waals surface area (Å²) in [6, 6.07) is 5.99. The van der Waals surface area contributed by atoms with E-state index in [0.29, 0.717) is 35.4 Å². The number of oxazole rings is 1. The summed E-state index contributed by atoms with van der Waals surface area (Å²) >= 11 is 3.58. The number of carbonyl (C=O) groups is 1. The predicted molar refractivity (Wildman–Crippen MR) is 109 cm³/mol. The maximum absolute atomic E-state index is 10.8. The van der Waals surface area contributed by atoms with E-state index >= 15 is 0 Å². The van der Waals surface area contributed by atoms with E-state index in [0.717, 1.165) is 21.2 Å². The zero-order valence-corrected chi connectivity index (χ0v) is 17.8. The Kier molecular flexibility index (Phi) is 6.03. The van der Waals surface area contributed by atoms with Crippen molar-refractivity contribution in [2.24, 2.45) is 5.16 Å². The second-order valence-corrected chi connectivity index (χ2v) is 7.30. The summed E-state index contributed by atoms with van der Waals surface area (Å²) < 4.78 is 8.58. The van der Waals surface area contributed by atoms with Crippen molar-refractivity contribution in [2.45, 2.75) is 33.2 Å². The van der Waals surface area contributed by atoms with Gasteiger partial charge in [0.05, 0.1) is 0 Å². The SMILES string of the molecule is CO/N=c1\c2nc(-c3ccc(C)c(Br)c3C)oc2c(C#N)cn1CCCC(=O)O. The third-order valence-electron chi connectivity index (χ3n) is 4.54. The number of aromatic nitrogens is 2. The smallest absolute Gasteiger partial charge is 0.303 e. The molecule has 0 fully saturated rings. The summed E-state index contributed by atoms with van der Waals surface area (Å²) in [5, 5.41) is 22.5. The number of carboxylic acid groups (broad SMARTS) is 1. The Labute approximate surface area is 175 Å². The van der Waals surface area contributed by atoms with Gasteiger partial charge >= 0.3 is 5.97 Å². The Morgan fingerprint density at radius 2 is 2.21 bits per heavy atom. The number of benzene rings is 1. The van der Waals surface area contributed by atoms with Gasteiger partial charge in [-0.15, -0.1) is 0 Å². The predicted octanol–water partition coefficient (Wildman–Crippen LogP) is 3.87. The Morgan fingerprint density at radius 1 is 1.45 bits per heavy atom. The van der Waals surface area contributed by atoms with Crippen LogP contribution in [0.2, 0.25) is 0 Å². The van der Waals surface area contributed by atoms with E-state index in [-0.39, 0.29) is 12.0 Å². The number of pyridine rings is 1. The molecule has 1 N–H and O–H groups in total. The second kappa shape index (κ2) is 8.49. The van der Waals surface area contributed by atoms with Crippen LogP contribution in [-0.4, -0.2) is 27.7 Å². The molecule has 3 aromatic rings. The van der Waals surface area contributed by atoms with Crippen LogP contribution in [0.5, 0.6) is 0 Å². The Balaban J connectivity index is 2.22. The lowest BCUT2D eigenvalue weighted by molar-refractivity contribution is -0.137. The number of carboxylic acids is 1. The van der Waals surface area contributed by atoms with E-state index in [1.807, 2.05) is 26.0 Å². The molecule has 1 aromatic carbocycles. The summed E-state index contributed by atoms with van der Waals surface area (Å²) in [4.78, 5) is 20.4. The third kappa shape index (κ3) is 4.03. The summed E-state index contributed by atoms with van der Waals surface area (Å²) in [5.74, 6) is -0.521. The first-order valence-corrected chi connectivity index (χ1v) is 9.65. The lowest BCUT2D eigenvalue weighted by atomic mass is 10.1. The zero-order valence-electron chi connectivity index (χ0n) is 16.2.